The highest BCUT2D eigenvalue weighted by molar-refractivity contribution is 7.89. The zero-order valence-electron chi connectivity index (χ0n) is 11.0. The maximum Gasteiger partial charge on any atom is 0.387 e. The van der Waals surface area contributed by atoms with Gasteiger partial charge in [-0.25, -0.2) is 13.1 Å². The number of rotatable bonds is 6. The van der Waals surface area contributed by atoms with Gasteiger partial charge in [-0.2, -0.15) is 8.78 Å². The molecule has 2 N–H and O–H groups in total. The highest BCUT2D eigenvalue weighted by atomic mass is 35.5. The van der Waals surface area contributed by atoms with Crippen LogP contribution in [-0.2, 0) is 10.0 Å². The molecule has 2 rings (SSSR count). The van der Waals surface area contributed by atoms with Gasteiger partial charge < -0.3 is 10.1 Å². The van der Waals surface area contributed by atoms with E-state index in [2.05, 4.69) is 14.8 Å². The highest BCUT2D eigenvalue weighted by Crippen LogP contribution is 2.28. The van der Waals surface area contributed by atoms with Crippen LogP contribution in [0.5, 0.6) is 5.75 Å². The zero-order chi connectivity index (χ0) is 15.5. The van der Waals surface area contributed by atoms with Crippen molar-refractivity contribution in [3.05, 3.63) is 23.2 Å². The predicted molar refractivity (Wildman–Crippen MR) is 74.2 cm³/mol. The van der Waals surface area contributed by atoms with E-state index in [0.717, 1.165) is 31.6 Å². The van der Waals surface area contributed by atoms with E-state index < -0.39 is 16.6 Å². The van der Waals surface area contributed by atoms with E-state index in [1.165, 1.54) is 6.07 Å². The minimum atomic E-state index is -3.72. The number of hydrogen-bond acceptors (Lipinski definition) is 4. The second kappa shape index (κ2) is 6.87. The molecule has 1 heterocycles. The van der Waals surface area contributed by atoms with E-state index in [9.17, 15) is 17.2 Å². The average Bonchev–Trinajstić information content (AvgIpc) is 2.91. The van der Waals surface area contributed by atoms with Crippen LogP contribution in [0.3, 0.4) is 0 Å². The van der Waals surface area contributed by atoms with Gasteiger partial charge in [0, 0.05) is 6.54 Å². The summed E-state index contributed by atoms with van der Waals surface area (Å²) in [6.45, 7) is -1.05. The van der Waals surface area contributed by atoms with Gasteiger partial charge in [-0.05, 0) is 43.6 Å². The van der Waals surface area contributed by atoms with Gasteiger partial charge in [0.15, 0.2) is 0 Å². The number of ether oxygens (including phenoxy) is 1. The molecule has 21 heavy (non-hydrogen) atoms. The van der Waals surface area contributed by atoms with Gasteiger partial charge in [0.25, 0.3) is 0 Å². The maximum atomic E-state index is 12.1. The highest BCUT2D eigenvalue weighted by Gasteiger charge is 2.20. The van der Waals surface area contributed by atoms with Gasteiger partial charge in [0.1, 0.15) is 5.75 Å². The van der Waals surface area contributed by atoms with Crippen molar-refractivity contribution in [2.75, 3.05) is 19.6 Å². The van der Waals surface area contributed by atoms with E-state index in [0.29, 0.717) is 6.54 Å². The van der Waals surface area contributed by atoms with Crippen molar-refractivity contribution in [3.63, 3.8) is 0 Å². The SMILES string of the molecule is O=S(=O)(NCC1CCNC1)c1ccc(OC(F)F)c(Cl)c1. The van der Waals surface area contributed by atoms with Crippen LogP contribution in [0, 0.1) is 5.92 Å². The molecular weight excluding hydrogens is 326 g/mol. The van der Waals surface area contributed by atoms with Crippen molar-refractivity contribution in [1.29, 1.82) is 0 Å². The predicted octanol–water partition coefficient (Wildman–Crippen LogP) is 1.83. The van der Waals surface area contributed by atoms with E-state index in [1.807, 2.05) is 0 Å². The second-order valence-corrected chi connectivity index (χ2v) is 6.86. The molecule has 1 aromatic rings. The minimum Gasteiger partial charge on any atom is -0.433 e. The number of benzene rings is 1. The summed E-state index contributed by atoms with van der Waals surface area (Å²) in [7, 11) is -3.72. The molecule has 0 aliphatic carbocycles. The maximum absolute atomic E-state index is 12.1. The van der Waals surface area contributed by atoms with E-state index in [-0.39, 0.29) is 21.6 Å². The first kappa shape index (κ1) is 16.4. The van der Waals surface area contributed by atoms with Crippen LogP contribution in [-0.4, -0.2) is 34.7 Å². The summed E-state index contributed by atoms with van der Waals surface area (Å²) in [6.07, 6.45) is 0.907. The van der Waals surface area contributed by atoms with Crippen molar-refractivity contribution in [2.24, 2.45) is 5.92 Å². The van der Waals surface area contributed by atoms with Gasteiger partial charge in [-0.1, -0.05) is 11.6 Å². The first-order valence-electron chi connectivity index (χ1n) is 6.33. The topological polar surface area (TPSA) is 67.4 Å². The van der Waals surface area contributed by atoms with E-state index >= 15 is 0 Å². The van der Waals surface area contributed by atoms with Crippen molar-refractivity contribution in [2.45, 2.75) is 17.9 Å². The van der Waals surface area contributed by atoms with Crippen molar-refractivity contribution >= 4 is 21.6 Å². The van der Waals surface area contributed by atoms with Gasteiger partial charge in [-0.15, -0.1) is 0 Å². The molecule has 9 heteroatoms. The Labute approximate surface area is 126 Å². The van der Waals surface area contributed by atoms with Crippen LogP contribution in [0.2, 0.25) is 5.02 Å². The third-order valence-electron chi connectivity index (χ3n) is 3.15. The monoisotopic (exact) mass is 340 g/mol. The lowest BCUT2D eigenvalue weighted by molar-refractivity contribution is -0.0498. The van der Waals surface area contributed by atoms with E-state index in [1.54, 1.807) is 0 Å². The Morgan fingerprint density at radius 1 is 1.48 bits per heavy atom. The molecule has 1 saturated heterocycles. The molecule has 0 amide bonds. The average molecular weight is 341 g/mol. The van der Waals surface area contributed by atoms with Crippen LogP contribution in [0.25, 0.3) is 0 Å². The fourth-order valence-corrected chi connectivity index (χ4v) is 3.47. The normalized spacial score (nSPS) is 19.1. The minimum absolute atomic E-state index is 0.0833. The van der Waals surface area contributed by atoms with Gasteiger partial charge in [-0.3, -0.25) is 0 Å². The Hall–Kier alpha value is -0.960. The molecule has 0 radical (unpaired) electrons. The Morgan fingerprint density at radius 3 is 2.81 bits per heavy atom. The van der Waals surface area contributed by atoms with Crippen LogP contribution in [0.15, 0.2) is 23.1 Å². The summed E-state index contributed by atoms with van der Waals surface area (Å²) >= 11 is 5.75. The Bertz CT molecular complexity index is 592. The molecular formula is C12H15ClF2N2O3S. The first-order valence-corrected chi connectivity index (χ1v) is 8.19. The second-order valence-electron chi connectivity index (χ2n) is 4.68. The molecule has 0 bridgehead atoms. The summed E-state index contributed by atoms with van der Waals surface area (Å²) in [5, 5.41) is 2.96. The summed E-state index contributed by atoms with van der Waals surface area (Å²) in [5.74, 6) is -0.0118. The molecule has 0 aromatic heterocycles. The number of alkyl halides is 2. The van der Waals surface area contributed by atoms with Crippen LogP contribution in [0.1, 0.15) is 6.42 Å². The third kappa shape index (κ3) is 4.50. The number of sulfonamides is 1. The van der Waals surface area contributed by atoms with Crippen molar-refractivity contribution in [1.82, 2.24) is 10.0 Å². The largest absolute Gasteiger partial charge is 0.433 e. The molecule has 1 fully saturated rings. The zero-order valence-corrected chi connectivity index (χ0v) is 12.6. The molecule has 1 aliphatic rings. The van der Waals surface area contributed by atoms with Gasteiger partial charge in [0.2, 0.25) is 10.0 Å². The standard InChI is InChI=1S/C12H15ClF2N2O3S/c13-10-5-9(1-2-11(10)20-12(14)15)21(18,19)17-7-8-3-4-16-6-8/h1-2,5,8,12,16-17H,3-4,6-7H2. The Kier molecular flexibility index (Phi) is 5.37. The van der Waals surface area contributed by atoms with Gasteiger partial charge >= 0.3 is 6.61 Å². The number of halogens is 3. The summed E-state index contributed by atoms with van der Waals surface area (Å²) in [6, 6.07) is 3.38. The lowest BCUT2D eigenvalue weighted by Crippen LogP contribution is -2.30. The third-order valence-corrected chi connectivity index (χ3v) is 4.87. The van der Waals surface area contributed by atoms with Gasteiger partial charge in [0.05, 0.1) is 9.92 Å². The lowest BCUT2D eigenvalue weighted by Gasteiger charge is -2.12. The fraction of sp³-hybridized carbons (Fsp3) is 0.500. The lowest BCUT2D eigenvalue weighted by atomic mass is 10.1. The Morgan fingerprint density at radius 2 is 2.24 bits per heavy atom. The molecule has 1 aromatic carbocycles. The molecule has 0 spiro atoms. The molecule has 0 saturated carbocycles. The van der Waals surface area contributed by atoms with Crippen LogP contribution >= 0.6 is 11.6 Å². The van der Waals surface area contributed by atoms with E-state index in [4.69, 9.17) is 11.6 Å². The summed E-state index contributed by atoms with van der Waals surface area (Å²) < 4.78 is 55.1. The summed E-state index contributed by atoms with van der Waals surface area (Å²) in [5.41, 5.74) is 0. The number of nitrogens with one attached hydrogen (secondary N) is 2. The Balaban J connectivity index is 2.06. The van der Waals surface area contributed by atoms with Crippen LogP contribution in [0.4, 0.5) is 8.78 Å². The molecule has 1 atom stereocenters. The van der Waals surface area contributed by atoms with Crippen molar-refractivity contribution in [3.8, 4) is 5.75 Å². The quantitative estimate of drug-likeness (QED) is 0.829. The molecule has 1 aliphatic heterocycles. The molecule has 5 nitrogen and oxygen atoms in total. The molecule has 1 unspecified atom stereocenters. The first-order chi connectivity index (χ1) is 9.88. The molecule has 118 valence electrons. The van der Waals surface area contributed by atoms with Crippen molar-refractivity contribution < 1.29 is 21.9 Å². The fourth-order valence-electron chi connectivity index (χ4n) is 2.04. The summed E-state index contributed by atoms with van der Waals surface area (Å²) in [4.78, 5) is -0.0833. The number of hydrogen-bond donors (Lipinski definition) is 2. The van der Waals surface area contributed by atoms with Crippen LogP contribution < -0.4 is 14.8 Å². The smallest absolute Gasteiger partial charge is 0.387 e.